The molecule has 3 rings (SSSR count). The molecule has 0 radical (unpaired) electrons. The van der Waals surface area contributed by atoms with Crippen LogP contribution in [0.5, 0.6) is 0 Å². The number of sulfonamides is 1. The molecule has 3 atom stereocenters. The third kappa shape index (κ3) is 2.23. The second kappa shape index (κ2) is 4.74. The first-order valence-corrected chi connectivity index (χ1v) is 8.75. The number of benzene rings is 1. The second-order valence-electron chi connectivity index (χ2n) is 6.33. The molecule has 0 aromatic heterocycles. The Kier molecular flexibility index (Phi) is 3.29. The van der Waals surface area contributed by atoms with Gasteiger partial charge in [0.15, 0.2) is 0 Å². The number of rotatable bonds is 3. The molecule has 3 unspecified atom stereocenters. The van der Waals surface area contributed by atoms with Crippen LogP contribution < -0.4 is 10.5 Å². The minimum Gasteiger partial charge on any atom is -0.398 e. The molecule has 0 amide bonds. The van der Waals surface area contributed by atoms with Crippen LogP contribution in [0.4, 0.5) is 5.69 Å². The lowest BCUT2D eigenvalue weighted by Crippen LogP contribution is -2.39. The summed E-state index contributed by atoms with van der Waals surface area (Å²) in [6.07, 6.45) is 4.60. The largest absolute Gasteiger partial charge is 0.398 e. The van der Waals surface area contributed by atoms with Crippen molar-refractivity contribution < 1.29 is 8.42 Å². The van der Waals surface area contributed by atoms with E-state index in [1.807, 2.05) is 6.92 Å². The molecule has 110 valence electrons. The first kappa shape index (κ1) is 13.9. The van der Waals surface area contributed by atoms with Gasteiger partial charge in [-0.1, -0.05) is 12.5 Å². The van der Waals surface area contributed by atoms with Crippen LogP contribution in [0.1, 0.15) is 36.8 Å². The Bertz CT molecular complexity index is 640. The average molecular weight is 294 g/mol. The van der Waals surface area contributed by atoms with Crippen molar-refractivity contribution in [1.29, 1.82) is 0 Å². The number of anilines is 1. The Hall–Kier alpha value is -1.07. The van der Waals surface area contributed by atoms with Gasteiger partial charge in [0.2, 0.25) is 10.0 Å². The Morgan fingerprint density at radius 2 is 1.95 bits per heavy atom. The fourth-order valence-corrected chi connectivity index (χ4v) is 5.72. The zero-order chi connectivity index (χ0) is 14.5. The van der Waals surface area contributed by atoms with E-state index in [1.165, 1.54) is 12.8 Å². The molecule has 5 heteroatoms. The van der Waals surface area contributed by atoms with E-state index < -0.39 is 10.0 Å². The number of nitrogens with one attached hydrogen (secondary N) is 1. The second-order valence-corrected chi connectivity index (χ2v) is 7.98. The molecule has 0 heterocycles. The smallest absolute Gasteiger partial charge is 0.241 e. The van der Waals surface area contributed by atoms with E-state index in [0.29, 0.717) is 22.1 Å². The van der Waals surface area contributed by atoms with Crippen molar-refractivity contribution in [3.63, 3.8) is 0 Å². The van der Waals surface area contributed by atoms with Crippen LogP contribution in [0.3, 0.4) is 0 Å². The molecule has 0 aliphatic heterocycles. The van der Waals surface area contributed by atoms with Gasteiger partial charge in [0, 0.05) is 11.7 Å². The van der Waals surface area contributed by atoms with Crippen molar-refractivity contribution in [3.05, 3.63) is 23.3 Å². The number of hydrogen-bond acceptors (Lipinski definition) is 3. The van der Waals surface area contributed by atoms with E-state index >= 15 is 0 Å². The lowest BCUT2D eigenvalue weighted by Gasteiger charge is -2.24. The molecule has 2 saturated carbocycles. The summed E-state index contributed by atoms with van der Waals surface area (Å²) >= 11 is 0. The maximum absolute atomic E-state index is 12.7. The average Bonchev–Trinajstić information content (AvgIpc) is 2.95. The van der Waals surface area contributed by atoms with Crippen molar-refractivity contribution in [2.75, 3.05) is 5.73 Å². The van der Waals surface area contributed by atoms with E-state index in [1.54, 1.807) is 19.1 Å². The quantitative estimate of drug-likeness (QED) is 0.841. The lowest BCUT2D eigenvalue weighted by molar-refractivity contribution is 0.390. The van der Waals surface area contributed by atoms with Crippen molar-refractivity contribution in [3.8, 4) is 0 Å². The zero-order valence-electron chi connectivity index (χ0n) is 12.0. The molecule has 2 bridgehead atoms. The zero-order valence-corrected chi connectivity index (χ0v) is 12.8. The SMILES string of the molecule is Cc1ccc(N)c(C)c1S(=O)(=O)NC1CC2CCC1C2. The van der Waals surface area contributed by atoms with Gasteiger partial charge < -0.3 is 5.73 Å². The molecular weight excluding hydrogens is 272 g/mol. The van der Waals surface area contributed by atoms with Crippen LogP contribution in [0.25, 0.3) is 0 Å². The molecule has 2 aliphatic rings. The minimum absolute atomic E-state index is 0.110. The van der Waals surface area contributed by atoms with Gasteiger partial charge in [-0.2, -0.15) is 0 Å². The predicted octanol–water partition coefficient (Wildman–Crippen LogP) is 2.35. The highest BCUT2D eigenvalue weighted by molar-refractivity contribution is 7.89. The van der Waals surface area contributed by atoms with Gasteiger partial charge in [0.25, 0.3) is 0 Å². The summed E-state index contributed by atoms with van der Waals surface area (Å²) in [4.78, 5) is 0.361. The van der Waals surface area contributed by atoms with E-state index in [4.69, 9.17) is 5.73 Å². The van der Waals surface area contributed by atoms with Crippen molar-refractivity contribution in [1.82, 2.24) is 4.72 Å². The van der Waals surface area contributed by atoms with Crippen LogP contribution >= 0.6 is 0 Å². The maximum Gasteiger partial charge on any atom is 0.241 e. The van der Waals surface area contributed by atoms with E-state index in [0.717, 1.165) is 24.3 Å². The fraction of sp³-hybridized carbons (Fsp3) is 0.600. The topological polar surface area (TPSA) is 72.2 Å². The fourth-order valence-electron chi connectivity index (χ4n) is 3.90. The number of fused-ring (bicyclic) bond motifs is 2. The third-order valence-corrected chi connectivity index (χ3v) is 6.74. The minimum atomic E-state index is -3.48. The standard InChI is InChI=1S/C15H22N2O2S/c1-9-3-6-13(16)10(2)15(9)20(18,19)17-14-8-11-4-5-12(14)7-11/h3,6,11-12,14,17H,4-5,7-8,16H2,1-2H3. The molecule has 1 aromatic rings. The van der Waals surface area contributed by atoms with Gasteiger partial charge >= 0.3 is 0 Å². The van der Waals surface area contributed by atoms with E-state index in [2.05, 4.69) is 4.72 Å². The summed E-state index contributed by atoms with van der Waals surface area (Å²) in [5.74, 6) is 1.24. The van der Waals surface area contributed by atoms with Crippen LogP contribution in [0.15, 0.2) is 17.0 Å². The van der Waals surface area contributed by atoms with Crippen LogP contribution in [0, 0.1) is 25.7 Å². The third-order valence-electron chi connectivity index (χ3n) is 4.96. The summed E-state index contributed by atoms with van der Waals surface area (Å²) in [6, 6.07) is 3.65. The summed E-state index contributed by atoms with van der Waals surface area (Å²) in [7, 11) is -3.48. The van der Waals surface area contributed by atoms with Gasteiger partial charge in [-0.3, -0.25) is 0 Å². The summed E-state index contributed by atoms with van der Waals surface area (Å²) in [5.41, 5.74) is 7.80. The van der Waals surface area contributed by atoms with Crippen molar-refractivity contribution in [2.24, 2.45) is 11.8 Å². The number of nitrogen functional groups attached to an aromatic ring is 1. The maximum atomic E-state index is 12.7. The van der Waals surface area contributed by atoms with Crippen molar-refractivity contribution >= 4 is 15.7 Å². The number of aryl methyl sites for hydroxylation is 1. The van der Waals surface area contributed by atoms with Gasteiger partial charge in [0.05, 0.1) is 4.90 Å². The summed E-state index contributed by atoms with van der Waals surface area (Å²) in [5, 5.41) is 0. The highest BCUT2D eigenvalue weighted by Gasteiger charge is 2.41. The molecule has 0 saturated heterocycles. The molecule has 1 aromatic carbocycles. The molecule has 0 spiro atoms. The van der Waals surface area contributed by atoms with Gasteiger partial charge in [-0.25, -0.2) is 13.1 Å². The highest BCUT2D eigenvalue weighted by atomic mass is 32.2. The molecular formula is C15H22N2O2S. The predicted molar refractivity (Wildman–Crippen MR) is 79.9 cm³/mol. The molecule has 2 aliphatic carbocycles. The monoisotopic (exact) mass is 294 g/mol. The molecule has 3 N–H and O–H groups in total. The number of nitrogens with two attached hydrogens (primary N) is 1. The summed E-state index contributed by atoms with van der Waals surface area (Å²) < 4.78 is 28.3. The van der Waals surface area contributed by atoms with Gasteiger partial charge in [0.1, 0.15) is 0 Å². The Morgan fingerprint density at radius 1 is 1.20 bits per heavy atom. The molecule has 20 heavy (non-hydrogen) atoms. The molecule has 2 fully saturated rings. The lowest BCUT2D eigenvalue weighted by atomic mass is 9.96. The van der Waals surface area contributed by atoms with E-state index in [9.17, 15) is 8.42 Å². The van der Waals surface area contributed by atoms with E-state index in [-0.39, 0.29) is 6.04 Å². The van der Waals surface area contributed by atoms with Crippen molar-refractivity contribution in [2.45, 2.75) is 50.5 Å². The van der Waals surface area contributed by atoms with Crippen LogP contribution in [-0.4, -0.2) is 14.5 Å². The number of hydrogen-bond donors (Lipinski definition) is 2. The Morgan fingerprint density at radius 3 is 2.55 bits per heavy atom. The first-order valence-electron chi connectivity index (χ1n) is 7.26. The highest BCUT2D eigenvalue weighted by Crippen LogP contribution is 2.45. The van der Waals surface area contributed by atoms with Gasteiger partial charge in [-0.15, -0.1) is 0 Å². The van der Waals surface area contributed by atoms with Crippen LogP contribution in [-0.2, 0) is 10.0 Å². The van der Waals surface area contributed by atoms with Crippen LogP contribution in [0.2, 0.25) is 0 Å². The summed E-state index contributed by atoms with van der Waals surface area (Å²) in [6.45, 7) is 3.60. The Labute approximate surface area is 120 Å². The molecule has 4 nitrogen and oxygen atoms in total. The Balaban J connectivity index is 1.91. The first-order chi connectivity index (χ1) is 9.38. The normalized spacial score (nSPS) is 29.0. The van der Waals surface area contributed by atoms with Gasteiger partial charge in [-0.05, 0) is 62.1 Å².